The summed E-state index contributed by atoms with van der Waals surface area (Å²) < 4.78 is 0. The smallest absolute Gasteiger partial charge is 0.255 e. The Labute approximate surface area is 252 Å². The van der Waals surface area contributed by atoms with Crippen LogP contribution in [0.15, 0.2) is 48.0 Å². The Bertz CT molecular complexity index is 1470. The fraction of sp³-hybridized carbons (Fsp3) is 0.500. The van der Waals surface area contributed by atoms with Crippen LogP contribution in [0, 0.1) is 5.41 Å². The average molecular weight is 587 g/mol. The minimum atomic E-state index is -0.572. The van der Waals surface area contributed by atoms with Crippen molar-refractivity contribution in [3.63, 3.8) is 0 Å². The largest absolute Gasteiger partial charge is 0.322 e. The van der Waals surface area contributed by atoms with Gasteiger partial charge in [-0.15, -0.1) is 0 Å². The van der Waals surface area contributed by atoms with Gasteiger partial charge in [-0.25, -0.2) is 0 Å². The zero-order valence-electron chi connectivity index (χ0n) is 24.5. The molecule has 7 nitrogen and oxygen atoms in total. The number of nitrogens with zero attached hydrogens (tertiary/aromatic N) is 3. The zero-order chi connectivity index (χ0) is 29.2. The van der Waals surface area contributed by atoms with Gasteiger partial charge in [-0.1, -0.05) is 55.3 Å². The first-order valence-corrected chi connectivity index (χ1v) is 15.7. The third kappa shape index (κ3) is 5.20. The third-order valence-electron chi connectivity index (χ3n) is 10.2. The predicted molar refractivity (Wildman–Crippen MR) is 163 cm³/mol. The number of halogens is 1. The fourth-order valence-corrected chi connectivity index (χ4v) is 7.96. The zero-order valence-corrected chi connectivity index (χ0v) is 25.3. The predicted octanol–water partition coefficient (Wildman–Crippen LogP) is 5.02. The van der Waals surface area contributed by atoms with Crippen LogP contribution in [0.1, 0.15) is 79.4 Å². The van der Waals surface area contributed by atoms with Gasteiger partial charge in [0.15, 0.2) is 0 Å². The van der Waals surface area contributed by atoms with E-state index in [4.69, 9.17) is 11.6 Å². The number of hydrogen-bond acceptors (Lipinski definition) is 5. The van der Waals surface area contributed by atoms with Crippen molar-refractivity contribution in [2.45, 2.75) is 83.6 Å². The van der Waals surface area contributed by atoms with Gasteiger partial charge in [-0.2, -0.15) is 0 Å². The Balaban J connectivity index is 1.00. The van der Waals surface area contributed by atoms with Crippen LogP contribution < -0.4 is 5.32 Å². The molecule has 6 aliphatic rings. The van der Waals surface area contributed by atoms with Gasteiger partial charge in [-0.3, -0.25) is 29.5 Å². The third-order valence-corrected chi connectivity index (χ3v) is 10.4. The van der Waals surface area contributed by atoms with Gasteiger partial charge in [-0.05, 0) is 78.0 Å². The molecule has 2 aromatic carbocycles. The fourth-order valence-electron chi connectivity index (χ4n) is 7.83. The minimum absolute atomic E-state index is 0.112. The molecule has 0 radical (unpaired) electrons. The number of hydrogen-bond donors (Lipinski definition) is 1. The highest BCUT2D eigenvalue weighted by molar-refractivity contribution is 6.30. The summed E-state index contributed by atoms with van der Waals surface area (Å²) in [5.41, 5.74) is 7.62. The van der Waals surface area contributed by atoms with Crippen molar-refractivity contribution in [1.29, 1.82) is 0 Å². The van der Waals surface area contributed by atoms with Crippen LogP contribution in [0.3, 0.4) is 0 Å². The maximum absolute atomic E-state index is 13.1. The van der Waals surface area contributed by atoms with E-state index in [-0.39, 0.29) is 24.1 Å². The number of piperidine rings is 2. The van der Waals surface area contributed by atoms with E-state index >= 15 is 0 Å². The Morgan fingerprint density at radius 2 is 1.74 bits per heavy atom. The summed E-state index contributed by atoms with van der Waals surface area (Å²) in [6.45, 7) is 9.25. The second-order valence-corrected chi connectivity index (χ2v) is 14.2. The summed E-state index contributed by atoms with van der Waals surface area (Å²) in [6.07, 6.45) is 5.44. The summed E-state index contributed by atoms with van der Waals surface area (Å²) in [7, 11) is 0. The second-order valence-electron chi connectivity index (χ2n) is 13.7. The topological polar surface area (TPSA) is 73.0 Å². The number of imide groups is 1. The second kappa shape index (κ2) is 10.6. The Morgan fingerprint density at radius 3 is 2.48 bits per heavy atom. The van der Waals surface area contributed by atoms with E-state index in [2.05, 4.69) is 53.2 Å². The summed E-state index contributed by atoms with van der Waals surface area (Å²) >= 11 is 6.21. The SMILES string of the molecule is CC1(C)CCC(CN2[C@@H]3C[C@H]2CN(Cc2ccc4c(c2)CN(C2CCC(=O)NC2=O)C4=O)C3)=C(c2ccc(Cl)cc2)C1. The van der Waals surface area contributed by atoms with Crippen LogP contribution in [0.25, 0.3) is 5.57 Å². The molecule has 2 aromatic rings. The number of fused-ring (bicyclic) bond motifs is 3. The molecule has 220 valence electrons. The Morgan fingerprint density at radius 1 is 0.976 bits per heavy atom. The van der Waals surface area contributed by atoms with Crippen molar-refractivity contribution in [3.05, 3.63) is 75.3 Å². The number of carbonyl (C=O) groups is 3. The lowest BCUT2D eigenvalue weighted by atomic mass is 9.72. The number of amides is 3. The normalized spacial score (nSPS) is 27.6. The first-order chi connectivity index (χ1) is 20.1. The van der Waals surface area contributed by atoms with Crippen molar-refractivity contribution < 1.29 is 14.4 Å². The maximum atomic E-state index is 13.1. The Hall–Kier alpha value is -3.00. The molecule has 1 aliphatic carbocycles. The number of nitrogens with one attached hydrogen (secondary N) is 1. The number of rotatable bonds is 6. The lowest BCUT2D eigenvalue weighted by Gasteiger charge is -2.57. The van der Waals surface area contributed by atoms with Crippen LogP contribution in [-0.4, -0.2) is 70.2 Å². The molecule has 0 saturated carbocycles. The molecule has 2 bridgehead atoms. The monoisotopic (exact) mass is 586 g/mol. The van der Waals surface area contributed by atoms with Crippen LogP contribution in [-0.2, 0) is 22.7 Å². The lowest BCUT2D eigenvalue weighted by Crippen LogP contribution is -2.68. The molecule has 0 aromatic heterocycles. The van der Waals surface area contributed by atoms with Crippen molar-refractivity contribution in [2.75, 3.05) is 19.6 Å². The van der Waals surface area contributed by atoms with Crippen LogP contribution in [0.4, 0.5) is 0 Å². The molecule has 5 aliphatic heterocycles. The summed E-state index contributed by atoms with van der Waals surface area (Å²) in [4.78, 5) is 44.0. The summed E-state index contributed by atoms with van der Waals surface area (Å²) in [5, 5.41) is 3.17. The van der Waals surface area contributed by atoms with Gasteiger partial charge < -0.3 is 4.90 Å². The molecule has 1 unspecified atom stereocenters. The van der Waals surface area contributed by atoms with Crippen molar-refractivity contribution >= 4 is 34.9 Å². The molecule has 4 saturated heterocycles. The van der Waals surface area contributed by atoms with E-state index in [1.54, 1.807) is 10.5 Å². The highest BCUT2D eigenvalue weighted by atomic mass is 35.5. The molecule has 8 rings (SSSR count). The lowest BCUT2D eigenvalue weighted by molar-refractivity contribution is -0.136. The molecule has 5 heterocycles. The van der Waals surface area contributed by atoms with E-state index in [0.717, 1.165) is 49.6 Å². The van der Waals surface area contributed by atoms with Gasteiger partial charge in [0.2, 0.25) is 11.8 Å². The molecule has 0 spiro atoms. The van der Waals surface area contributed by atoms with E-state index in [1.807, 2.05) is 18.2 Å². The van der Waals surface area contributed by atoms with Gasteiger partial charge >= 0.3 is 0 Å². The maximum Gasteiger partial charge on any atom is 0.255 e. The highest BCUT2D eigenvalue weighted by Crippen LogP contribution is 2.45. The molecular weight excluding hydrogens is 548 g/mol. The highest BCUT2D eigenvalue weighted by Gasteiger charge is 2.45. The van der Waals surface area contributed by atoms with Gasteiger partial charge in [0.25, 0.3) is 5.91 Å². The average Bonchev–Trinajstić information content (AvgIpc) is 3.27. The van der Waals surface area contributed by atoms with Crippen molar-refractivity contribution in [3.8, 4) is 0 Å². The standard InChI is InChI=1S/C34H39ClN4O3/c1-34(2)12-11-23(29(15-34)22-4-6-25(35)7-5-22)17-38-26-14-27(38)20-37(19-26)16-21-3-8-28-24(13-21)18-39(33(28)42)30-9-10-31(40)36-32(30)41/h3-8,13,26-27,30H,9-12,14-20H2,1-2H3,(H,36,40,41)/t26-,27+,30?. The van der Waals surface area contributed by atoms with E-state index in [0.29, 0.717) is 36.0 Å². The number of allylic oxidation sites excluding steroid dienone is 1. The summed E-state index contributed by atoms with van der Waals surface area (Å²) in [6, 6.07) is 15.1. The molecular formula is C34H39ClN4O3. The molecule has 4 fully saturated rings. The van der Waals surface area contributed by atoms with Crippen molar-refractivity contribution in [2.24, 2.45) is 5.41 Å². The van der Waals surface area contributed by atoms with Crippen molar-refractivity contribution in [1.82, 2.24) is 20.0 Å². The van der Waals surface area contributed by atoms with Gasteiger partial charge in [0, 0.05) is 61.8 Å². The van der Waals surface area contributed by atoms with Gasteiger partial charge in [0.1, 0.15) is 6.04 Å². The van der Waals surface area contributed by atoms with Crippen LogP contribution in [0.2, 0.25) is 5.02 Å². The molecule has 42 heavy (non-hydrogen) atoms. The minimum Gasteiger partial charge on any atom is -0.322 e. The number of piperazine rings is 1. The quantitative estimate of drug-likeness (QED) is 0.481. The number of benzene rings is 2. The van der Waals surface area contributed by atoms with E-state index < -0.39 is 6.04 Å². The van der Waals surface area contributed by atoms with E-state index in [9.17, 15) is 14.4 Å². The van der Waals surface area contributed by atoms with Gasteiger partial charge in [0.05, 0.1) is 0 Å². The molecule has 3 amide bonds. The molecule has 1 N–H and O–H groups in total. The summed E-state index contributed by atoms with van der Waals surface area (Å²) in [5.74, 6) is -0.737. The van der Waals surface area contributed by atoms with Crippen LogP contribution in [0.5, 0.6) is 0 Å². The molecule has 3 atom stereocenters. The number of carbonyl (C=O) groups excluding carboxylic acids is 3. The first-order valence-electron chi connectivity index (χ1n) is 15.3. The van der Waals surface area contributed by atoms with Crippen LogP contribution >= 0.6 is 11.6 Å². The first kappa shape index (κ1) is 27.8. The molecule has 8 heteroatoms. The van der Waals surface area contributed by atoms with E-state index in [1.165, 1.54) is 29.5 Å². The Kier molecular flexibility index (Phi) is 7.03.